The maximum Gasteiger partial charge on any atom is 0.272 e. The summed E-state index contributed by atoms with van der Waals surface area (Å²) in [5, 5.41) is 7.28. The summed E-state index contributed by atoms with van der Waals surface area (Å²) in [6.07, 6.45) is 1.66. The van der Waals surface area contributed by atoms with Gasteiger partial charge in [-0.2, -0.15) is 5.10 Å². The van der Waals surface area contributed by atoms with E-state index in [0.29, 0.717) is 5.56 Å². The molecule has 0 aliphatic heterocycles. The maximum atomic E-state index is 13.0. The van der Waals surface area contributed by atoms with Crippen molar-refractivity contribution in [2.45, 2.75) is 0 Å². The van der Waals surface area contributed by atoms with Crippen molar-refractivity contribution >= 4 is 33.8 Å². The largest absolute Gasteiger partial charge is 0.272 e. The van der Waals surface area contributed by atoms with Crippen molar-refractivity contribution in [2.75, 3.05) is 0 Å². The SMILES string of the molecule is O=C(N/N=C\c1ccc2ccccc2c1)c1cc(-c2ccccc2)nc2ccccc12. The highest BCUT2D eigenvalue weighted by atomic mass is 16.2. The number of carbonyl (C=O) groups is 1. The molecule has 0 atom stereocenters. The lowest BCUT2D eigenvalue weighted by Gasteiger charge is -2.09. The lowest BCUT2D eigenvalue weighted by Crippen LogP contribution is -2.18. The van der Waals surface area contributed by atoms with Gasteiger partial charge in [-0.25, -0.2) is 10.4 Å². The normalized spacial score (nSPS) is 11.2. The van der Waals surface area contributed by atoms with Gasteiger partial charge in [-0.05, 0) is 34.5 Å². The highest BCUT2D eigenvalue weighted by Crippen LogP contribution is 2.24. The summed E-state index contributed by atoms with van der Waals surface area (Å²) in [7, 11) is 0. The van der Waals surface area contributed by atoms with Gasteiger partial charge in [-0.15, -0.1) is 0 Å². The van der Waals surface area contributed by atoms with E-state index in [4.69, 9.17) is 4.98 Å². The van der Waals surface area contributed by atoms with Crippen LogP contribution in [0, 0.1) is 0 Å². The number of nitrogens with zero attached hydrogens (tertiary/aromatic N) is 2. The van der Waals surface area contributed by atoms with E-state index in [1.165, 1.54) is 5.39 Å². The average Bonchev–Trinajstić information content (AvgIpc) is 2.83. The summed E-state index contributed by atoms with van der Waals surface area (Å²) in [4.78, 5) is 17.7. The number of para-hydroxylation sites is 1. The minimum Gasteiger partial charge on any atom is -0.267 e. The van der Waals surface area contributed by atoms with Gasteiger partial charge in [-0.3, -0.25) is 4.79 Å². The Hall–Kier alpha value is -4.31. The van der Waals surface area contributed by atoms with Crippen LogP contribution in [0.25, 0.3) is 32.9 Å². The fourth-order valence-corrected chi connectivity index (χ4v) is 3.63. The zero-order chi connectivity index (χ0) is 21.0. The zero-order valence-electron chi connectivity index (χ0n) is 16.7. The second-order valence-electron chi connectivity index (χ2n) is 7.24. The third-order valence-electron chi connectivity index (χ3n) is 5.18. The van der Waals surface area contributed by atoms with E-state index in [2.05, 4.69) is 22.7 Å². The molecule has 0 aliphatic rings. The quantitative estimate of drug-likeness (QED) is 0.305. The minimum absolute atomic E-state index is 0.271. The molecular formula is C27H19N3O. The Morgan fingerprint density at radius 1 is 0.774 bits per heavy atom. The highest BCUT2D eigenvalue weighted by molar-refractivity contribution is 6.07. The van der Waals surface area contributed by atoms with Gasteiger partial charge in [0.05, 0.1) is 23.0 Å². The summed E-state index contributed by atoms with van der Waals surface area (Å²) in [5.41, 5.74) is 6.61. The topological polar surface area (TPSA) is 54.4 Å². The molecule has 0 aliphatic carbocycles. The zero-order valence-corrected chi connectivity index (χ0v) is 16.7. The smallest absolute Gasteiger partial charge is 0.267 e. The van der Waals surface area contributed by atoms with Crippen LogP contribution in [-0.2, 0) is 0 Å². The van der Waals surface area contributed by atoms with Gasteiger partial charge in [0.1, 0.15) is 0 Å². The standard InChI is InChI=1S/C27H19N3O/c31-27(30-28-18-19-14-15-20-8-4-5-11-22(20)16-19)24-17-26(21-9-2-1-3-10-21)29-25-13-7-6-12-23(24)25/h1-18H,(H,30,31)/b28-18-. The van der Waals surface area contributed by atoms with Crippen LogP contribution >= 0.6 is 0 Å². The van der Waals surface area contributed by atoms with E-state index in [9.17, 15) is 4.79 Å². The molecule has 1 N–H and O–H groups in total. The second-order valence-corrected chi connectivity index (χ2v) is 7.24. The molecule has 0 bridgehead atoms. The first kappa shape index (κ1) is 18.7. The predicted octanol–water partition coefficient (Wildman–Crippen LogP) is 5.82. The van der Waals surface area contributed by atoms with E-state index < -0.39 is 0 Å². The summed E-state index contributed by atoms with van der Waals surface area (Å²) in [6, 6.07) is 33.5. The van der Waals surface area contributed by atoms with Crippen molar-refractivity contribution in [1.82, 2.24) is 10.4 Å². The molecule has 148 valence electrons. The monoisotopic (exact) mass is 401 g/mol. The van der Waals surface area contributed by atoms with Gasteiger partial charge in [-0.1, -0.05) is 84.9 Å². The number of nitrogens with one attached hydrogen (secondary N) is 1. The molecule has 0 fully saturated rings. The lowest BCUT2D eigenvalue weighted by atomic mass is 10.0. The van der Waals surface area contributed by atoms with Gasteiger partial charge < -0.3 is 0 Å². The Bertz CT molecular complexity index is 1420. The summed E-state index contributed by atoms with van der Waals surface area (Å²) >= 11 is 0. The summed E-state index contributed by atoms with van der Waals surface area (Å²) < 4.78 is 0. The van der Waals surface area contributed by atoms with Crippen LogP contribution in [0.4, 0.5) is 0 Å². The third kappa shape index (κ3) is 3.91. The molecular weight excluding hydrogens is 382 g/mol. The molecule has 4 heteroatoms. The first-order chi connectivity index (χ1) is 15.3. The Morgan fingerprint density at radius 2 is 1.52 bits per heavy atom. The van der Waals surface area contributed by atoms with E-state index in [1.807, 2.05) is 91.0 Å². The number of hydrogen-bond acceptors (Lipinski definition) is 3. The number of pyridine rings is 1. The molecule has 0 unspecified atom stereocenters. The number of rotatable bonds is 4. The van der Waals surface area contributed by atoms with Crippen molar-refractivity contribution in [2.24, 2.45) is 5.10 Å². The number of hydrazone groups is 1. The van der Waals surface area contributed by atoms with Crippen LogP contribution in [0.15, 0.2) is 108 Å². The second kappa shape index (κ2) is 8.20. The van der Waals surface area contributed by atoms with Crippen LogP contribution in [0.5, 0.6) is 0 Å². The first-order valence-electron chi connectivity index (χ1n) is 10.1. The predicted molar refractivity (Wildman–Crippen MR) is 126 cm³/mol. The maximum absolute atomic E-state index is 13.0. The Morgan fingerprint density at radius 3 is 2.39 bits per heavy atom. The fourth-order valence-electron chi connectivity index (χ4n) is 3.63. The fraction of sp³-hybridized carbons (Fsp3) is 0. The van der Waals surface area contributed by atoms with Crippen molar-refractivity contribution in [1.29, 1.82) is 0 Å². The van der Waals surface area contributed by atoms with E-state index >= 15 is 0 Å². The van der Waals surface area contributed by atoms with Crippen LogP contribution < -0.4 is 5.43 Å². The number of aromatic nitrogens is 1. The van der Waals surface area contributed by atoms with Crippen molar-refractivity contribution in [3.8, 4) is 11.3 Å². The first-order valence-corrected chi connectivity index (χ1v) is 10.1. The number of carbonyl (C=O) groups excluding carboxylic acids is 1. The molecule has 1 heterocycles. The molecule has 0 saturated heterocycles. The lowest BCUT2D eigenvalue weighted by molar-refractivity contribution is 0.0956. The molecule has 4 aromatic carbocycles. The molecule has 0 radical (unpaired) electrons. The molecule has 1 amide bonds. The van der Waals surface area contributed by atoms with Gasteiger partial charge in [0, 0.05) is 10.9 Å². The van der Waals surface area contributed by atoms with E-state index in [-0.39, 0.29) is 5.91 Å². The number of hydrogen-bond donors (Lipinski definition) is 1. The van der Waals surface area contributed by atoms with Crippen molar-refractivity contribution in [3.63, 3.8) is 0 Å². The van der Waals surface area contributed by atoms with Crippen molar-refractivity contribution < 1.29 is 4.79 Å². The summed E-state index contributed by atoms with van der Waals surface area (Å²) in [6.45, 7) is 0. The van der Waals surface area contributed by atoms with Gasteiger partial charge in [0.25, 0.3) is 5.91 Å². The molecule has 31 heavy (non-hydrogen) atoms. The Labute approximate surface area is 179 Å². The van der Waals surface area contributed by atoms with Gasteiger partial charge in [0.15, 0.2) is 0 Å². The molecule has 1 aromatic heterocycles. The van der Waals surface area contributed by atoms with Crippen molar-refractivity contribution in [3.05, 3.63) is 114 Å². The van der Waals surface area contributed by atoms with E-state index in [1.54, 1.807) is 6.21 Å². The van der Waals surface area contributed by atoms with Gasteiger partial charge in [0.2, 0.25) is 0 Å². The summed E-state index contributed by atoms with van der Waals surface area (Å²) in [5.74, 6) is -0.271. The van der Waals surface area contributed by atoms with Crippen LogP contribution in [0.1, 0.15) is 15.9 Å². The number of amides is 1. The molecule has 0 saturated carbocycles. The molecule has 0 spiro atoms. The number of fused-ring (bicyclic) bond motifs is 2. The number of benzene rings is 4. The molecule has 4 nitrogen and oxygen atoms in total. The third-order valence-corrected chi connectivity index (χ3v) is 5.18. The molecule has 5 rings (SSSR count). The molecule has 5 aromatic rings. The van der Waals surface area contributed by atoms with Crippen LogP contribution in [0.3, 0.4) is 0 Å². The average molecular weight is 401 g/mol. The van der Waals surface area contributed by atoms with E-state index in [0.717, 1.165) is 33.1 Å². The Kier molecular flexibility index (Phi) is 4.95. The van der Waals surface area contributed by atoms with Crippen LogP contribution in [0.2, 0.25) is 0 Å². The highest BCUT2D eigenvalue weighted by Gasteiger charge is 2.13. The van der Waals surface area contributed by atoms with Gasteiger partial charge >= 0.3 is 0 Å². The minimum atomic E-state index is -0.271. The Balaban J connectivity index is 1.45. The van der Waals surface area contributed by atoms with Crippen LogP contribution in [-0.4, -0.2) is 17.1 Å².